The lowest BCUT2D eigenvalue weighted by atomic mass is 10.1. The van der Waals surface area contributed by atoms with Crippen LogP contribution in [0.1, 0.15) is 37.8 Å². The van der Waals surface area contributed by atoms with Gasteiger partial charge in [0, 0.05) is 31.2 Å². The number of aromatic nitrogens is 2. The molecule has 2 heterocycles. The molecule has 3 rings (SSSR count). The molecular weight excluding hydrogens is 316 g/mol. The monoisotopic (exact) mass is 340 g/mol. The molecule has 1 N–H and O–H groups in total. The number of carbonyl (C=O) groups is 2. The van der Waals surface area contributed by atoms with Crippen molar-refractivity contribution in [3.05, 3.63) is 48.5 Å². The first-order valence-corrected chi connectivity index (χ1v) is 8.84. The summed E-state index contributed by atoms with van der Waals surface area (Å²) in [6.45, 7) is 3.38. The summed E-state index contributed by atoms with van der Waals surface area (Å²) in [6.07, 6.45) is 7.91. The quantitative estimate of drug-likeness (QED) is 0.787. The van der Waals surface area contributed by atoms with E-state index in [4.69, 9.17) is 0 Å². The van der Waals surface area contributed by atoms with Crippen LogP contribution in [-0.4, -0.2) is 34.5 Å². The zero-order valence-corrected chi connectivity index (χ0v) is 14.5. The summed E-state index contributed by atoms with van der Waals surface area (Å²) >= 11 is 0. The first-order chi connectivity index (χ1) is 12.2. The molecule has 6 nitrogen and oxygen atoms in total. The van der Waals surface area contributed by atoms with E-state index >= 15 is 0 Å². The minimum absolute atomic E-state index is 0.0615. The fraction of sp³-hybridized carbons (Fsp3) is 0.421. The molecule has 0 radical (unpaired) electrons. The predicted molar refractivity (Wildman–Crippen MR) is 96.3 cm³/mol. The average molecular weight is 340 g/mol. The van der Waals surface area contributed by atoms with E-state index in [1.54, 1.807) is 28.2 Å². The first-order valence-electron chi connectivity index (χ1n) is 8.84. The molecule has 0 unspecified atom stereocenters. The number of carbonyl (C=O) groups excluding carboxylic acids is 2. The van der Waals surface area contributed by atoms with Crippen LogP contribution in [0, 0.1) is 0 Å². The lowest BCUT2D eigenvalue weighted by Gasteiger charge is -2.24. The van der Waals surface area contributed by atoms with Crippen LogP contribution in [0.15, 0.2) is 43.0 Å². The second-order valence-corrected chi connectivity index (χ2v) is 6.30. The minimum atomic E-state index is -0.574. The van der Waals surface area contributed by atoms with Crippen molar-refractivity contribution in [2.45, 2.75) is 38.6 Å². The van der Waals surface area contributed by atoms with Gasteiger partial charge in [-0.2, -0.15) is 0 Å². The summed E-state index contributed by atoms with van der Waals surface area (Å²) in [7, 11) is 0. The molecule has 132 valence electrons. The molecule has 1 aliphatic heterocycles. The van der Waals surface area contributed by atoms with Gasteiger partial charge in [-0.1, -0.05) is 31.5 Å². The molecule has 0 fully saturated rings. The van der Waals surface area contributed by atoms with Gasteiger partial charge in [-0.25, -0.2) is 4.98 Å². The molecule has 1 aliphatic rings. The van der Waals surface area contributed by atoms with Gasteiger partial charge in [0.1, 0.15) is 6.04 Å². The van der Waals surface area contributed by atoms with Crippen molar-refractivity contribution in [2.75, 3.05) is 18.0 Å². The molecule has 1 aromatic heterocycles. The van der Waals surface area contributed by atoms with Gasteiger partial charge in [-0.15, -0.1) is 0 Å². The molecule has 6 heteroatoms. The zero-order chi connectivity index (χ0) is 17.6. The number of benzene rings is 1. The van der Waals surface area contributed by atoms with E-state index in [9.17, 15) is 9.59 Å². The van der Waals surface area contributed by atoms with Crippen molar-refractivity contribution in [3.8, 4) is 0 Å². The van der Waals surface area contributed by atoms with Crippen molar-refractivity contribution < 1.29 is 9.59 Å². The van der Waals surface area contributed by atoms with Gasteiger partial charge in [0.2, 0.25) is 5.91 Å². The summed E-state index contributed by atoms with van der Waals surface area (Å²) < 4.78 is 1.72. The maximum absolute atomic E-state index is 13.2. The van der Waals surface area contributed by atoms with Gasteiger partial charge in [-0.3, -0.25) is 9.59 Å². The van der Waals surface area contributed by atoms with Crippen LogP contribution in [0.25, 0.3) is 0 Å². The molecule has 25 heavy (non-hydrogen) atoms. The highest BCUT2D eigenvalue weighted by Crippen LogP contribution is 2.30. The third kappa shape index (κ3) is 3.90. The number of amides is 2. The molecule has 2 amide bonds. The Balaban J connectivity index is 1.76. The lowest BCUT2D eigenvalue weighted by molar-refractivity contribution is -0.128. The van der Waals surface area contributed by atoms with E-state index in [0.717, 1.165) is 24.9 Å². The standard InChI is InChI=1S/C19H24N4O2/c1-2-3-9-21-18(24)13-17(22-12-10-20-14-22)19(25)23-11-8-15-6-4-5-7-16(15)23/h4-7,10,12,14,17H,2-3,8-9,11,13H2,1H3,(H,21,24)/t17-/m1/s1. The first kappa shape index (κ1) is 17.2. The van der Waals surface area contributed by atoms with E-state index in [1.165, 1.54) is 5.56 Å². The number of para-hydroxylation sites is 1. The molecule has 2 aromatic rings. The molecule has 0 saturated heterocycles. The van der Waals surface area contributed by atoms with E-state index in [-0.39, 0.29) is 18.2 Å². The second-order valence-electron chi connectivity index (χ2n) is 6.30. The van der Waals surface area contributed by atoms with Gasteiger partial charge in [-0.05, 0) is 24.5 Å². The van der Waals surface area contributed by atoms with Gasteiger partial charge in [0.05, 0.1) is 12.7 Å². The van der Waals surface area contributed by atoms with Gasteiger partial charge >= 0.3 is 0 Å². The highest BCUT2D eigenvalue weighted by molar-refractivity contribution is 6.00. The fourth-order valence-electron chi connectivity index (χ4n) is 3.17. The smallest absolute Gasteiger partial charge is 0.250 e. The van der Waals surface area contributed by atoms with E-state index in [2.05, 4.69) is 17.2 Å². The number of unbranched alkanes of at least 4 members (excludes halogenated alkanes) is 1. The Morgan fingerprint density at radius 2 is 2.16 bits per heavy atom. The van der Waals surface area contributed by atoms with Crippen LogP contribution < -0.4 is 10.2 Å². The number of rotatable bonds is 7. The number of hydrogen-bond acceptors (Lipinski definition) is 3. The van der Waals surface area contributed by atoms with Crippen molar-refractivity contribution in [2.24, 2.45) is 0 Å². The van der Waals surface area contributed by atoms with Crippen molar-refractivity contribution in [1.29, 1.82) is 0 Å². The second kappa shape index (κ2) is 7.96. The maximum atomic E-state index is 13.2. The summed E-state index contributed by atoms with van der Waals surface area (Å²) in [4.78, 5) is 31.3. The Kier molecular flexibility index (Phi) is 5.48. The SMILES string of the molecule is CCCCNC(=O)C[C@H](C(=O)N1CCc2ccccc21)n1ccnc1. The number of imidazole rings is 1. The number of anilines is 1. The molecular formula is C19H24N4O2. The Morgan fingerprint density at radius 3 is 2.92 bits per heavy atom. The third-order valence-electron chi connectivity index (χ3n) is 4.55. The molecule has 0 saturated carbocycles. The van der Waals surface area contributed by atoms with Crippen molar-refractivity contribution in [3.63, 3.8) is 0 Å². The molecule has 1 aromatic carbocycles. The fourth-order valence-corrected chi connectivity index (χ4v) is 3.17. The third-order valence-corrected chi connectivity index (χ3v) is 4.55. The van der Waals surface area contributed by atoms with E-state index in [0.29, 0.717) is 13.1 Å². The van der Waals surface area contributed by atoms with Crippen LogP contribution in [0.2, 0.25) is 0 Å². The predicted octanol–water partition coefficient (Wildman–Crippen LogP) is 2.32. The summed E-state index contributed by atoms with van der Waals surface area (Å²) in [6, 6.07) is 7.36. The Labute approximate surface area is 147 Å². The van der Waals surface area contributed by atoms with E-state index in [1.807, 2.05) is 24.3 Å². The largest absolute Gasteiger partial charge is 0.356 e. The van der Waals surface area contributed by atoms with E-state index < -0.39 is 6.04 Å². The summed E-state index contributed by atoms with van der Waals surface area (Å²) in [5.74, 6) is -0.165. The van der Waals surface area contributed by atoms with Crippen LogP contribution >= 0.6 is 0 Å². The topological polar surface area (TPSA) is 67.2 Å². The Morgan fingerprint density at radius 1 is 1.32 bits per heavy atom. The normalized spacial score (nSPS) is 14.2. The van der Waals surface area contributed by atoms with Crippen LogP contribution in [0.5, 0.6) is 0 Å². The molecule has 0 bridgehead atoms. The highest BCUT2D eigenvalue weighted by Gasteiger charge is 2.32. The number of hydrogen-bond donors (Lipinski definition) is 1. The molecule has 0 spiro atoms. The van der Waals surface area contributed by atoms with Crippen molar-refractivity contribution >= 4 is 17.5 Å². The van der Waals surface area contributed by atoms with Gasteiger partial charge in [0.15, 0.2) is 0 Å². The lowest BCUT2D eigenvalue weighted by Crippen LogP contribution is -2.39. The van der Waals surface area contributed by atoms with Crippen LogP contribution in [0.3, 0.4) is 0 Å². The minimum Gasteiger partial charge on any atom is -0.356 e. The number of fused-ring (bicyclic) bond motifs is 1. The zero-order valence-electron chi connectivity index (χ0n) is 14.5. The van der Waals surface area contributed by atoms with Crippen LogP contribution in [0.4, 0.5) is 5.69 Å². The Hall–Kier alpha value is -2.63. The van der Waals surface area contributed by atoms with Gasteiger partial charge in [0.25, 0.3) is 5.91 Å². The summed E-state index contributed by atoms with van der Waals surface area (Å²) in [5, 5.41) is 2.90. The number of nitrogens with one attached hydrogen (secondary N) is 1. The van der Waals surface area contributed by atoms with Crippen molar-refractivity contribution in [1.82, 2.24) is 14.9 Å². The summed E-state index contributed by atoms with van der Waals surface area (Å²) in [5.41, 5.74) is 2.12. The molecule has 0 aliphatic carbocycles. The highest BCUT2D eigenvalue weighted by atomic mass is 16.2. The number of nitrogens with zero attached hydrogens (tertiary/aromatic N) is 3. The van der Waals surface area contributed by atoms with Crippen LogP contribution in [-0.2, 0) is 16.0 Å². The van der Waals surface area contributed by atoms with Gasteiger partial charge < -0.3 is 14.8 Å². The Bertz CT molecular complexity index is 727. The molecule has 1 atom stereocenters. The maximum Gasteiger partial charge on any atom is 0.250 e. The average Bonchev–Trinajstić information content (AvgIpc) is 3.29.